The maximum atomic E-state index is 11.1. The van der Waals surface area contributed by atoms with Crippen molar-refractivity contribution >= 4 is 17.0 Å². The minimum absolute atomic E-state index is 0.00913. The molecule has 5 heteroatoms. The van der Waals surface area contributed by atoms with E-state index in [9.17, 15) is 4.79 Å². The third-order valence-corrected chi connectivity index (χ3v) is 5.70. The van der Waals surface area contributed by atoms with Crippen LogP contribution in [0.15, 0.2) is 24.4 Å². The second kappa shape index (κ2) is 6.48. The van der Waals surface area contributed by atoms with Crippen molar-refractivity contribution in [2.45, 2.75) is 32.1 Å². The van der Waals surface area contributed by atoms with Gasteiger partial charge in [-0.15, -0.1) is 0 Å². The van der Waals surface area contributed by atoms with E-state index in [1.54, 1.807) is 0 Å². The normalized spacial score (nSPS) is 26.9. The molecule has 2 aliphatic rings. The molecule has 1 saturated carbocycles. The second-order valence-corrected chi connectivity index (χ2v) is 7.28. The molecule has 0 spiro atoms. The van der Waals surface area contributed by atoms with Crippen LogP contribution in [0.5, 0.6) is 0 Å². The number of rotatable bonds is 3. The van der Waals surface area contributed by atoms with Crippen LogP contribution in [-0.2, 0) is 6.42 Å². The number of hydrogen-bond donors (Lipinski definition) is 2. The number of aromatic nitrogens is 2. The smallest absolute Gasteiger partial charge is 0.356 e. The van der Waals surface area contributed by atoms with E-state index in [1.807, 2.05) is 12.1 Å². The van der Waals surface area contributed by atoms with Gasteiger partial charge in [0.05, 0.1) is 17.2 Å². The highest BCUT2D eigenvalue weighted by molar-refractivity contribution is 5.87. The number of benzene rings is 1. The highest BCUT2D eigenvalue weighted by Gasteiger charge is 2.32. The molecule has 0 radical (unpaired) electrons. The largest absolute Gasteiger partial charge is 0.476 e. The van der Waals surface area contributed by atoms with Crippen LogP contribution in [0.25, 0.3) is 11.0 Å². The lowest BCUT2D eigenvalue weighted by atomic mass is 9.70. The average Bonchev–Trinajstić information content (AvgIpc) is 2.61. The Kier molecular flexibility index (Phi) is 4.19. The SMILES string of the molecule is O=C(O)c1cnc2ccc(CC3CCC4CNCCC4C3)cc2n1. The lowest BCUT2D eigenvalue weighted by molar-refractivity contribution is 0.0690. The molecule has 4 rings (SSSR count). The van der Waals surface area contributed by atoms with Crippen molar-refractivity contribution in [1.29, 1.82) is 0 Å². The minimum atomic E-state index is -1.03. The number of nitrogens with zero attached hydrogens (tertiary/aromatic N) is 2. The molecule has 2 N–H and O–H groups in total. The fourth-order valence-corrected chi connectivity index (χ4v) is 4.43. The van der Waals surface area contributed by atoms with E-state index in [0.29, 0.717) is 5.52 Å². The van der Waals surface area contributed by atoms with Gasteiger partial charge in [0.15, 0.2) is 5.69 Å². The van der Waals surface area contributed by atoms with Crippen molar-refractivity contribution in [3.05, 3.63) is 35.7 Å². The first-order valence-corrected chi connectivity index (χ1v) is 8.89. The van der Waals surface area contributed by atoms with Gasteiger partial charge in [-0.2, -0.15) is 0 Å². The molecule has 0 bridgehead atoms. The third kappa shape index (κ3) is 3.13. The van der Waals surface area contributed by atoms with Crippen LogP contribution in [0.4, 0.5) is 0 Å². The monoisotopic (exact) mass is 325 g/mol. The number of carboxylic acid groups (broad SMARTS) is 1. The second-order valence-electron chi connectivity index (χ2n) is 7.28. The third-order valence-electron chi connectivity index (χ3n) is 5.70. The molecule has 1 saturated heterocycles. The molecule has 2 fully saturated rings. The molecule has 24 heavy (non-hydrogen) atoms. The molecule has 3 unspecified atom stereocenters. The summed E-state index contributed by atoms with van der Waals surface area (Å²) < 4.78 is 0. The minimum Gasteiger partial charge on any atom is -0.476 e. The van der Waals surface area contributed by atoms with E-state index >= 15 is 0 Å². The summed E-state index contributed by atoms with van der Waals surface area (Å²) >= 11 is 0. The zero-order valence-electron chi connectivity index (χ0n) is 13.7. The summed E-state index contributed by atoms with van der Waals surface area (Å²) in [6.07, 6.45) is 7.65. The van der Waals surface area contributed by atoms with Gasteiger partial charge in [0.2, 0.25) is 0 Å². The summed E-state index contributed by atoms with van der Waals surface area (Å²) in [5.74, 6) is 1.45. The Morgan fingerprint density at radius 1 is 1.21 bits per heavy atom. The Hall–Kier alpha value is -2.01. The van der Waals surface area contributed by atoms with Gasteiger partial charge in [0, 0.05) is 0 Å². The van der Waals surface area contributed by atoms with Gasteiger partial charge in [-0.25, -0.2) is 9.78 Å². The summed E-state index contributed by atoms with van der Waals surface area (Å²) in [5, 5.41) is 12.6. The van der Waals surface area contributed by atoms with E-state index in [1.165, 1.54) is 44.0 Å². The average molecular weight is 325 g/mol. The van der Waals surface area contributed by atoms with Crippen LogP contribution < -0.4 is 5.32 Å². The predicted molar refractivity (Wildman–Crippen MR) is 92.0 cm³/mol. The molecule has 3 atom stereocenters. The van der Waals surface area contributed by atoms with Crippen LogP contribution in [0.2, 0.25) is 0 Å². The number of piperidine rings is 1. The first-order valence-electron chi connectivity index (χ1n) is 8.89. The van der Waals surface area contributed by atoms with Gasteiger partial charge in [0.25, 0.3) is 0 Å². The Bertz CT molecular complexity index is 761. The number of fused-ring (bicyclic) bond motifs is 2. The lowest BCUT2D eigenvalue weighted by Gasteiger charge is -2.39. The van der Waals surface area contributed by atoms with Crippen LogP contribution in [0.1, 0.15) is 41.7 Å². The fraction of sp³-hybridized carbons (Fsp3) is 0.526. The van der Waals surface area contributed by atoms with Crippen molar-refractivity contribution in [1.82, 2.24) is 15.3 Å². The molecule has 1 aliphatic carbocycles. The highest BCUT2D eigenvalue weighted by atomic mass is 16.4. The predicted octanol–water partition coefficient (Wildman–Crippen LogP) is 2.90. The zero-order chi connectivity index (χ0) is 16.5. The lowest BCUT2D eigenvalue weighted by Crippen LogP contribution is -2.40. The van der Waals surface area contributed by atoms with Gasteiger partial charge in [-0.05, 0) is 80.6 Å². The molecule has 2 heterocycles. The van der Waals surface area contributed by atoms with Gasteiger partial charge in [-0.1, -0.05) is 6.07 Å². The zero-order valence-corrected chi connectivity index (χ0v) is 13.7. The summed E-state index contributed by atoms with van der Waals surface area (Å²) in [6.45, 7) is 2.36. The molecular formula is C19H23N3O2. The summed E-state index contributed by atoms with van der Waals surface area (Å²) in [4.78, 5) is 19.5. The van der Waals surface area contributed by atoms with Crippen molar-refractivity contribution in [3.8, 4) is 0 Å². The first-order chi connectivity index (χ1) is 11.7. The van der Waals surface area contributed by atoms with Crippen LogP contribution in [0, 0.1) is 17.8 Å². The first kappa shape index (κ1) is 15.5. The highest BCUT2D eigenvalue weighted by Crippen LogP contribution is 2.38. The molecule has 5 nitrogen and oxygen atoms in total. The summed E-state index contributed by atoms with van der Waals surface area (Å²) in [6, 6.07) is 6.09. The van der Waals surface area contributed by atoms with E-state index in [2.05, 4.69) is 21.4 Å². The van der Waals surface area contributed by atoms with Crippen molar-refractivity contribution in [2.75, 3.05) is 13.1 Å². The molecule has 1 aliphatic heterocycles. The van der Waals surface area contributed by atoms with Gasteiger partial charge in [-0.3, -0.25) is 4.98 Å². The van der Waals surface area contributed by atoms with Gasteiger partial charge in [0.1, 0.15) is 0 Å². The van der Waals surface area contributed by atoms with E-state index in [4.69, 9.17) is 5.11 Å². The Balaban J connectivity index is 1.50. The number of nitrogens with one attached hydrogen (secondary N) is 1. The Morgan fingerprint density at radius 3 is 3.00 bits per heavy atom. The molecule has 126 valence electrons. The number of carboxylic acids is 1. The quantitative estimate of drug-likeness (QED) is 0.907. The van der Waals surface area contributed by atoms with Crippen LogP contribution in [-0.4, -0.2) is 34.1 Å². The molecular weight excluding hydrogens is 302 g/mol. The van der Waals surface area contributed by atoms with Crippen molar-refractivity contribution in [2.24, 2.45) is 17.8 Å². The van der Waals surface area contributed by atoms with E-state index in [-0.39, 0.29) is 5.69 Å². The number of hydrogen-bond acceptors (Lipinski definition) is 4. The van der Waals surface area contributed by atoms with Gasteiger partial charge < -0.3 is 10.4 Å². The molecule has 1 aromatic carbocycles. The Labute approximate surface area is 141 Å². The number of aromatic carboxylic acids is 1. The molecule has 1 aromatic heterocycles. The molecule has 0 amide bonds. The summed E-state index contributed by atoms with van der Waals surface area (Å²) in [5.41, 5.74) is 2.69. The summed E-state index contributed by atoms with van der Waals surface area (Å²) in [7, 11) is 0. The van der Waals surface area contributed by atoms with Crippen LogP contribution in [0.3, 0.4) is 0 Å². The van der Waals surface area contributed by atoms with Crippen LogP contribution >= 0.6 is 0 Å². The number of carbonyl (C=O) groups is 1. The van der Waals surface area contributed by atoms with E-state index < -0.39 is 5.97 Å². The maximum absolute atomic E-state index is 11.1. The molecule has 2 aromatic rings. The maximum Gasteiger partial charge on any atom is 0.356 e. The van der Waals surface area contributed by atoms with Crippen molar-refractivity contribution in [3.63, 3.8) is 0 Å². The topological polar surface area (TPSA) is 75.1 Å². The van der Waals surface area contributed by atoms with Gasteiger partial charge >= 0.3 is 5.97 Å². The van der Waals surface area contributed by atoms with E-state index in [0.717, 1.165) is 36.2 Å². The fourth-order valence-electron chi connectivity index (χ4n) is 4.43. The Morgan fingerprint density at radius 2 is 2.12 bits per heavy atom. The standard InChI is InChI=1S/C19H23N3O2/c23-19(24)18-11-21-16-4-2-13(9-17(16)22-18)7-12-1-3-15-10-20-6-5-14(15)8-12/h2,4,9,11-12,14-15,20H,1,3,5-8,10H2,(H,23,24). The van der Waals surface area contributed by atoms with Crippen molar-refractivity contribution < 1.29 is 9.90 Å².